The average molecular weight is 481 g/mol. The lowest BCUT2D eigenvalue weighted by Gasteiger charge is -2.11. The lowest BCUT2D eigenvalue weighted by Crippen LogP contribution is -2.19. The minimum atomic E-state index is -4.50. The number of halogens is 3. The number of amides is 2. The Kier molecular flexibility index (Phi) is 6.67. The van der Waals surface area contributed by atoms with Gasteiger partial charge in [0, 0.05) is 29.3 Å². The normalized spacial score (nSPS) is 10.9. The molecule has 178 valence electrons. The van der Waals surface area contributed by atoms with Gasteiger partial charge in [-0.15, -0.1) is 0 Å². The van der Waals surface area contributed by atoms with Crippen molar-refractivity contribution in [1.82, 2.24) is 9.97 Å². The Morgan fingerprint density at radius 2 is 1.54 bits per heavy atom. The molecule has 8 nitrogen and oxygen atoms in total. The molecular weight excluding hydrogens is 463 g/mol. The number of alkyl halides is 3. The van der Waals surface area contributed by atoms with Crippen LogP contribution in [0.5, 0.6) is 17.4 Å². The third-order valence-electron chi connectivity index (χ3n) is 4.54. The fourth-order valence-electron chi connectivity index (χ4n) is 2.93. The lowest BCUT2D eigenvalue weighted by atomic mass is 10.2. The van der Waals surface area contributed by atoms with Crippen LogP contribution in [0, 0.1) is 0 Å². The zero-order valence-corrected chi connectivity index (χ0v) is 17.9. The molecular formula is C24H18F3N5O3. The molecule has 0 saturated carbocycles. The van der Waals surface area contributed by atoms with Gasteiger partial charge in [-0.25, -0.2) is 9.78 Å². The zero-order valence-electron chi connectivity index (χ0n) is 17.9. The van der Waals surface area contributed by atoms with Crippen molar-refractivity contribution in [2.75, 3.05) is 16.0 Å². The molecule has 0 radical (unpaired) electrons. The van der Waals surface area contributed by atoms with Crippen molar-refractivity contribution >= 4 is 29.0 Å². The van der Waals surface area contributed by atoms with Gasteiger partial charge in [-0.2, -0.15) is 18.2 Å². The number of anilines is 4. The van der Waals surface area contributed by atoms with Gasteiger partial charge in [0.15, 0.2) is 0 Å². The van der Waals surface area contributed by atoms with Crippen molar-refractivity contribution in [2.24, 2.45) is 0 Å². The highest BCUT2D eigenvalue weighted by Crippen LogP contribution is 2.30. The number of nitrogens with zero attached hydrogens (tertiary/aromatic N) is 2. The predicted octanol–water partition coefficient (Wildman–Crippen LogP) is 6.38. The minimum absolute atomic E-state index is 0.0118. The van der Waals surface area contributed by atoms with Crippen LogP contribution >= 0.6 is 0 Å². The molecule has 0 aliphatic carbocycles. The number of rotatable bonds is 6. The monoisotopic (exact) mass is 481 g/mol. The van der Waals surface area contributed by atoms with Gasteiger partial charge < -0.3 is 25.8 Å². The molecule has 0 saturated heterocycles. The SMILES string of the molecule is O=C(Nc1ccc(Oc2ccnc(Nc3ccc(O)cc3)n2)cc1)Nc1cccc(C(F)(F)F)c1. The van der Waals surface area contributed by atoms with Crippen LogP contribution in [0.15, 0.2) is 85.1 Å². The second-order valence-electron chi connectivity index (χ2n) is 7.17. The molecule has 0 aliphatic rings. The van der Waals surface area contributed by atoms with Gasteiger partial charge in [-0.1, -0.05) is 6.07 Å². The van der Waals surface area contributed by atoms with E-state index in [9.17, 15) is 23.1 Å². The third-order valence-corrected chi connectivity index (χ3v) is 4.54. The fraction of sp³-hybridized carbons (Fsp3) is 0.0417. The number of carbonyl (C=O) groups excluding carboxylic acids is 1. The number of phenols is 1. The lowest BCUT2D eigenvalue weighted by molar-refractivity contribution is -0.137. The Hall–Kier alpha value is -4.80. The Bertz CT molecular complexity index is 1310. The van der Waals surface area contributed by atoms with Gasteiger partial charge in [0.2, 0.25) is 11.8 Å². The van der Waals surface area contributed by atoms with E-state index in [1.807, 2.05) is 0 Å². The maximum atomic E-state index is 12.8. The number of urea groups is 1. The van der Waals surface area contributed by atoms with Crippen LogP contribution in [0.3, 0.4) is 0 Å². The zero-order chi connectivity index (χ0) is 24.8. The summed E-state index contributed by atoms with van der Waals surface area (Å²) in [7, 11) is 0. The molecule has 0 spiro atoms. The van der Waals surface area contributed by atoms with Crippen LogP contribution in [0.2, 0.25) is 0 Å². The summed E-state index contributed by atoms with van der Waals surface area (Å²) in [6, 6.07) is 17.9. The van der Waals surface area contributed by atoms with E-state index in [0.717, 1.165) is 12.1 Å². The largest absolute Gasteiger partial charge is 0.508 e. The molecule has 0 fully saturated rings. The first kappa shape index (κ1) is 23.4. The van der Waals surface area contributed by atoms with Crippen LogP contribution in [0.4, 0.5) is 41.0 Å². The van der Waals surface area contributed by atoms with Crippen LogP contribution in [-0.2, 0) is 6.18 Å². The van der Waals surface area contributed by atoms with Crippen LogP contribution in [0.1, 0.15) is 5.56 Å². The number of ether oxygens (including phenoxy) is 1. The minimum Gasteiger partial charge on any atom is -0.508 e. The molecule has 4 N–H and O–H groups in total. The number of hydrogen-bond donors (Lipinski definition) is 4. The second-order valence-corrected chi connectivity index (χ2v) is 7.17. The number of hydrogen-bond acceptors (Lipinski definition) is 6. The van der Waals surface area contributed by atoms with E-state index in [2.05, 4.69) is 25.9 Å². The maximum Gasteiger partial charge on any atom is 0.416 e. The van der Waals surface area contributed by atoms with E-state index < -0.39 is 17.8 Å². The number of phenolic OH excluding ortho intramolecular Hbond substituents is 1. The van der Waals surface area contributed by atoms with Crippen molar-refractivity contribution < 1.29 is 27.8 Å². The summed E-state index contributed by atoms with van der Waals surface area (Å²) in [5.74, 6) is 1.13. The van der Waals surface area contributed by atoms with Crippen LogP contribution in [0.25, 0.3) is 0 Å². The fourth-order valence-corrected chi connectivity index (χ4v) is 2.93. The van der Waals surface area contributed by atoms with Crippen molar-refractivity contribution in [3.8, 4) is 17.4 Å². The summed E-state index contributed by atoms with van der Waals surface area (Å²) in [5, 5.41) is 17.3. The topological polar surface area (TPSA) is 108 Å². The first-order chi connectivity index (χ1) is 16.7. The third kappa shape index (κ3) is 6.60. The molecule has 11 heteroatoms. The predicted molar refractivity (Wildman–Crippen MR) is 124 cm³/mol. The standard InChI is InChI=1S/C24H18F3N5O3/c25-24(26,27)15-2-1-3-18(14-15)31-23(34)30-17-6-10-20(11-7-17)35-21-12-13-28-22(32-21)29-16-4-8-19(33)9-5-16/h1-14,33H,(H,28,29,32)(H2,30,31,34). The Balaban J connectivity index is 1.34. The number of aromatic hydroxyl groups is 1. The molecule has 35 heavy (non-hydrogen) atoms. The first-order valence-corrected chi connectivity index (χ1v) is 10.2. The highest BCUT2D eigenvalue weighted by atomic mass is 19.4. The summed E-state index contributed by atoms with van der Waals surface area (Å²) in [4.78, 5) is 20.5. The Morgan fingerprint density at radius 1 is 0.857 bits per heavy atom. The molecule has 3 aromatic carbocycles. The summed E-state index contributed by atoms with van der Waals surface area (Å²) in [6.07, 6.45) is -2.99. The van der Waals surface area contributed by atoms with Crippen LogP contribution < -0.4 is 20.7 Å². The maximum absolute atomic E-state index is 12.8. The highest BCUT2D eigenvalue weighted by molar-refractivity contribution is 5.99. The number of aromatic nitrogens is 2. The van der Waals surface area contributed by atoms with Gasteiger partial charge >= 0.3 is 12.2 Å². The quantitative estimate of drug-likeness (QED) is 0.238. The molecule has 0 aliphatic heterocycles. The average Bonchev–Trinajstić information content (AvgIpc) is 2.82. The van der Waals surface area contributed by atoms with Crippen molar-refractivity contribution in [2.45, 2.75) is 6.18 Å². The molecule has 1 heterocycles. The van der Waals surface area contributed by atoms with E-state index in [1.54, 1.807) is 42.5 Å². The van der Waals surface area contributed by atoms with E-state index in [0.29, 0.717) is 17.1 Å². The van der Waals surface area contributed by atoms with Crippen LogP contribution in [-0.4, -0.2) is 21.1 Å². The van der Waals surface area contributed by atoms with E-state index >= 15 is 0 Å². The van der Waals surface area contributed by atoms with E-state index in [1.165, 1.54) is 30.5 Å². The summed E-state index contributed by atoms with van der Waals surface area (Å²) in [6.45, 7) is 0. The number of nitrogens with one attached hydrogen (secondary N) is 3. The molecule has 1 aromatic heterocycles. The first-order valence-electron chi connectivity index (χ1n) is 10.2. The van der Waals surface area contributed by atoms with Crippen molar-refractivity contribution in [3.63, 3.8) is 0 Å². The van der Waals surface area contributed by atoms with Gasteiger partial charge in [0.1, 0.15) is 11.5 Å². The summed E-state index contributed by atoms with van der Waals surface area (Å²) < 4.78 is 44.2. The summed E-state index contributed by atoms with van der Waals surface area (Å²) >= 11 is 0. The molecule has 2 amide bonds. The van der Waals surface area contributed by atoms with Gasteiger partial charge in [-0.05, 0) is 66.7 Å². The molecule has 4 rings (SSSR count). The van der Waals surface area contributed by atoms with Crippen molar-refractivity contribution in [3.05, 3.63) is 90.6 Å². The molecule has 4 aromatic rings. The van der Waals surface area contributed by atoms with Gasteiger partial charge in [0.05, 0.1) is 5.56 Å². The van der Waals surface area contributed by atoms with Gasteiger partial charge in [-0.3, -0.25) is 0 Å². The summed E-state index contributed by atoms with van der Waals surface area (Å²) in [5.41, 5.74) is 0.235. The molecule has 0 atom stereocenters. The number of benzene rings is 3. The van der Waals surface area contributed by atoms with E-state index in [4.69, 9.17) is 4.74 Å². The van der Waals surface area contributed by atoms with E-state index in [-0.39, 0.29) is 23.3 Å². The molecule has 0 bridgehead atoms. The number of carbonyl (C=O) groups is 1. The second kappa shape index (κ2) is 10.00. The van der Waals surface area contributed by atoms with Crippen molar-refractivity contribution in [1.29, 1.82) is 0 Å². The molecule has 0 unspecified atom stereocenters. The Morgan fingerprint density at radius 3 is 2.26 bits per heavy atom. The van der Waals surface area contributed by atoms with Gasteiger partial charge in [0.25, 0.3) is 0 Å². The smallest absolute Gasteiger partial charge is 0.416 e. The Labute approximate surface area is 197 Å². The highest BCUT2D eigenvalue weighted by Gasteiger charge is 2.30.